The lowest BCUT2D eigenvalue weighted by Gasteiger charge is -2.06. The number of nitrogens with zero attached hydrogens (tertiary/aromatic N) is 2. The van der Waals surface area contributed by atoms with Crippen LogP contribution in [-0.4, -0.2) is 15.6 Å². The monoisotopic (exact) mass is 427 g/mol. The first-order valence-corrected chi connectivity index (χ1v) is 10.1. The van der Waals surface area contributed by atoms with E-state index in [-0.39, 0.29) is 5.91 Å². The van der Waals surface area contributed by atoms with Crippen LogP contribution >= 0.6 is 35.0 Å². The summed E-state index contributed by atoms with van der Waals surface area (Å²) in [7, 11) is 0. The van der Waals surface area contributed by atoms with Gasteiger partial charge in [0.1, 0.15) is 0 Å². The van der Waals surface area contributed by atoms with Crippen LogP contribution in [0.2, 0.25) is 10.0 Å². The van der Waals surface area contributed by atoms with E-state index in [0.29, 0.717) is 20.1 Å². The Hall–Kier alpha value is -2.47. The van der Waals surface area contributed by atoms with Crippen LogP contribution in [0.25, 0.3) is 11.8 Å². The van der Waals surface area contributed by atoms with Gasteiger partial charge in [0.2, 0.25) is 0 Å². The van der Waals surface area contributed by atoms with Gasteiger partial charge in [-0.3, -0.25) is 4.79 Å². The first-order chi connectivity index (χ1) is 13.5. The Morgan fingerprint density at radius 2 is 1.86 bits per heavy atom. The van der Waals surface area contributed by atoms with Gasteiger partial charge in [-0.1, -0.05) is 29.3 Å². The van der Waals surface area contributed by atoms with Crippen molar-refractivity contribution in [2.75, 3.05) is 0 Å². The fourth-order valence-corrected chi connectivity index (χ4v) is 3.90. The number of aromatic nitrogens is 1. The molecule has 1 saturated heterocycles. The molecule has 0 spiro atoms. The Morgan fingerprint density at radius 3 is 2.64 bits per heavy atom. The summed E-state index contributed by atoms with van der Waals surface area (Å²) in [5.74, 6) is -0.174. The van der Waals surface area contributed by atoms with Crippen LogP contribution in [0.5, 0.6) is 0 Å². The lowest BCUT2D eigenvalue weighted by Crippen LogP contribution is -2.19. The predicted octanol–water partition coefficient (Wildman–Crippen LogP) is 5.98. The lowest BCUT2D eigenvalue weighted by atomic mass is 10.2. The molecular weight excluding hydrogens is 413 g/mol. The minimum Gasteiger partial charge on any atom is -0.317 e. The van der Waals surface area contributed by atoms with E-state index in [1.165, 1.54) is 11.8 Å². The summed E-state index contributed by atoms with van der Waals surface area (Å²) in [5, 5.41) is 4.67. The largest absolute Gasteiger partial charge is 0.317 e. The van der Waals surface area contributed by atoms with Crippen molar-refractivity contribution < 1.29 is 4.79 Å². The van der Waals surface area contributed by atoms with Crippen LogP contribution in [0.3, 0.4) is 0 Å². The van der Waals surface area contributed by atoms with E-state index >= 15 is 0 Å². The van der Waals surface area contributed by atoms with E-state index in [1.54, 1.807) is 0 Å². The number of halogens is 2. The molecule has 4 rings (SSSR count). The van der Waals surface area contributed by atoms with Gasteiger partial charge in [-0.2, -0.15) is 0 Å². The number of benzene rings is 2. The number of carbonyl (C=O) groups is 1. The second-order valence-electron chi connectivity index (χ2n) is 6.15. The van der Waals surface area contributed by atoms with Crippen molar-refractivity contribution in [2.24, 2.45) is 4.99 Å². The van der Waals surface area contributed by atoms with Crippen molar-refractivity contribution in [3.63, 3.8) is 0 Å². The number of hydrogen-bond donors (Lipinski definition) is 1. The van der Waals surface area contributed by atoms with Crippen LogP contribution in [0.1, 0.15) is 11.3 Å². The highest BCUT2D eigenvalue weighted by Gasteiger charge is 2.24. The zero-order valence-electron chi connectivity index (χ0n) is 14.8. The summed E-state index contributed by atoms with van der Waals surface area (Å²) in [5.41, 5.74) is 3.47. The Labute approximate surface area is 176 Å². The third-order valence-corrected chi connectivity index (χ3v) is 5.85. The molecule has 2 aromatic carbocycles. The van der Waals surface area contributed by atoms with Crippen molar-refractivity contribution in [1.82, 2.24) is 9.88 Å². The number of aliphatic imine (C=N–C) groups is 1. The number of thioether (sulfide) groups is 1. The van der Waals surface area contributed by atoms with Crippen LogP contribution in [0, 0.1) is 6.92 Å². The number of amides is 1. The van der Waals surface area contributed by atoms with Crippen molar-refractivity contribution in [2.45, 2.75) is 6.92 Å². The third kappa shape index (κ3) is 3.87. The molecule has 1 aliphatic rings. The van der Waals surface area contributed by atoms with Crippen LogP contribution < -0.4 is 5.32 Å². The van der Waals surface area contributed by atoms with Crippen molar-refractivity contribution >= 4 is 57.8 Å². The van der Waals surface area contributed by atoms with E-state index in [4.69, 9.17) is 23.2 Å². The van der Waals surface area contributed by atoms with Gasteiger partial charge in [-0.05, 0) is 78.9 Å². The molecule has 28 heavy (non-hydrogen) atoms. The summed E-state index contributed by atoms with van der Waals surface area (Å²) in [6.07, 6.45) is 3.79. The fourth-order valence-electron chi connectivity index (χ4n) is 2.79. The van der Waals surface area contributed by atoms with Crippen LogP contribution in [-0.2, 0) is 4.79 Å². The van der Waals surface area contributed by atoms with E-state index in [2.05, 4.69) is 10.3 Å². The van der Waals surface area contributed by atoms with E-state index in [1.807, 2.05) is 78.4 Å². The Kier molecular flexibility index (Phi) is 5.31. The molecule has 4 nitrogen and oxygen atoms in total. The molecule has 1 N–H and O–H groups in total. The molecule has 2 heterocycles. The molecule has 0 atom stereocenters. The average molecular weight is 428 g/mol. The van der Waals surface area contributed by atoms with Crippen molar-refractivity contribution in [3.8, 4) is 5.69 Å². The molecule has 0 saturated carbocycles. The van der Waals surface area contributed by atoms with Gasteiger partial charge in [-0.15, -0.1) is 0 Å². The summed E-state index contributed by atoms with van der Waals surface area (Å²) >= 11 is 13.4. The van der Waals surface area contributed by atoms with Crippen LogP contribution in [0.15, 0.2) is 70.7 Å². The maximum absolute atomic E-state index is 12.4. The summed E-state index contributed by atoms with van der Waals surface area (Å²) in [4.78, 5) is 17.5. The highest BCUT2D eigenvalue weighted by atomic mass is 35.5. The number of carbonyl (C=O) groups excluding carboxylic acids is 1. The first kappa shape index (κ1) is 18.9. The molecule has 0 unspecified atom stereocenters. The molecule has 1 amide bonds. The number of nitrogens with one attached hydrogen (secondary N) is 1. The van der Waals surface area contributed by atoms with Crippen LogP contribution in [0.4, 0.5) is 5.69 Å². The second-order valence-corrected chi connectivity index (χ2v) is 8.02. The van der Waals surface area contributed by atoms with Gasteiger partial charge in [-0.25, -0.2) is 4.99 Å². The predicted molar refractivity (Wildman–Crippen MR) is 118 cm³/mol. The smallest absolute Gasteiger partial charge is 0.264 e. The molecule has 1 aromatic heterocycles. The maximum Gasteiger partial charge on any atom is 0.264 e. The quantitative estimate of drug-likeness (QED) is 0.522. The Bertz CT molecular complexity index is 1120. The first-order valence-electron chi connectivity index (χ1n) is 8.49. The van der Waals surface area contributed by atoms with Gasteiger partial charge >= 0.3 is 0 Å². The van der Waals surface area contributed by atoms with E-state index < -0.39 is 0 Å². The lowest BCUT2D eigenvalue weighted by molar-refractivity contribution is -0.115. The number of hydrogen-bond acceptors (Lipinski definition) is 3. The number of amidine groups is 1. The van der Waals surface area contributed by atoms with Crippen molar-refractivity contribution in [1.29, 1.82) is 0 Å². The Balaban J connectivity index is 1.63. The Morgan fingerprint density at radius 1 is 1.07 bits per heavy atom. The highest BCUT2D eigenvalue weighted by Crippen LogP contribution is 2.31. The molecule has 0 aliphatic carbocycles. The summed E-state index contributed by atoms with van der Waals surface area (Å²) < 4.78 is 1.99. The second kappa shape index (κ2) is 7.87. The van der Waals surface area contributed by atoms with Gasteiger partial charge in [0.15, 0.2) is 5.17 Å². The zero-order chi connectivity index (χ0) is 19.7. The van der Waals surface area contributed by atoms with Crippen molar-refractivity contribution in [3.05, 3.63) is 87.0 Å². The molecule has 1 aliphatic heterocycles. The summed E-state index contributed by atoms with van der Waals surface area (Å²) in [6.45, 7) is 1.90. The minimum atomic E-state index is -0.174. The van der Waals surface area contributed by atoms with Gasteiger partial charge < -0.3 is 9.88 Å². The van der Waals surface area contributed by atoms with Gasteiger partial charge in [0.05, 0.1) is 10.6 Å². The summed E-state index contributed by atoms with van der Waals surface area (Å²) in [6, 6.07) is 16.9. The minimum absolute atomic E-state index is 0.174. The molecule has 7 heteroatoms. The fraction of sp³-hybridized carbons (Fsp3) is 0.0476. The molecule has 1 fully saturated rings. The SMILES string of the molecule is Cc1c(Cl)cccc1N=C1NC(=O)/C(=C/c2cccn2-c2ccc(Cl)cc2)S1. The standard InChI is InChI=1S/C21H15Cl2N3OS/c1-13-17(23)5-2-6-18(13)24-21-25-20(27)19(28-21)12-16-4-3-11-26(16)15-9-7-14(22)8-10-15/h2-12H,1H3,(H,24,25,27)/b19-12-. The van der Waals surface area contributed by atoms with Gasteiger partial charge in [0.25, 0.3) is 5.91 Å². The highest BCUT2D eigenvalue weighted by molar-refractivity contribution is 8.18. The van der Waals surface area contributed by atoms with E-state index in [0.717, 1.165) is 22.6 Å². The zero-order valence-corrected chi connectivity index (χ0v) is 17.1. The normalized spacial score (nSPS) is 16.8. The topological polar surface area (TPSA) is 46.4 Å². The maximum atomic E-state index is 12.4. The molecule has 0 radical (unpaired) electrons. The molecular formula is C21H15Cl2N3OS. The molecule has 140 valence electrons. The van der Waals surface area contributed by atoms with Gasteiger partial charge in [0, 0.05) is 27.6 Å². The average Bonchev–Trinajstić information content (AvgIpc) is 3.27. The van der Waals surface area contributed by atoms with E-state index in [9.17, 15) is 4.79 Å². The molecule has 0 bridgehead atoms. The number of rotatable bonds is 3. The third-order valence-electron chi connectivity index (χ3n) is 4.28. The molecule has 3 aromatic rings.